The first-order valence-electron chi connectivity index (χ1n) is 9.58. The highest BCUT2D eigenvalue weighted by molar-refractivity contribution is 9.10. The minimum Gasteiger partial charge on any atom is -0.504 e. The summed E-state index contributed by atoms with van der Waals surface area (Å²) in [7, 11) is -2.09. The number of halogens is 1. The van der Waals surface area contributed by atoms with E-state index in [0.717, 1.165) is 9.37 Å². The molecule has 1 amide bonds. The second-order valence-corrected chi connectivity index (χ2v) is 9.86. The number of carbonyl (C=O) groups excluding carboxylic acids is 1. The number of piperazine rings is 1. The van der Waals surface area contributed by atoms with Gasteiger partial charge in [-0.2, -0.15) is 9.41 Å². The van der Waals surface area contributed by atoms with E-state index in [4.69, 9.17) is 4.74 Å². The molecule has 166 valence electrons. The first kappa shape index (κ1) is 23.2. The number of nitrogens with zero attached hydrogens (tertiary/aromatic N) is 2. The number of benzene rings is 2. The number of carbonyl (C=O) groups is 1. The summed E-state index contributed by atoms with van der Waals surface area (Å²) < 4.78 is 32.8. The number of phenolic OH excluding ortho intramolecular Hbond substituents is 1. The van der Waals surface area contributed by atoms with Crippen LogP contribution in [0, 0.1) is 0 Å². The van der Waals surface area contributed by atoms with Crippen molar-refractivity contribution in [2.24, 2.45) is 5.10 Å². The second kappa shape index (κ2) is 10.2. The fourth-order valence-electron chi connectivity index (χ4n) is 3.20. The van der Waals surface area contributed by atoms with Crippen molar-refractivity contribution in [3.63, 3.8) is 0 Å². The van der Waals surface area contributed by atoms with Crippen molar-refractivity contribution in [1.29, 1.82) is 0 Å². The number of methoxy groups -OCH3 is 1. The lowest BCUT2D eigenvalue weighted by Crippen LogP contribution is -3.15. The largest absolute Gasteiger partial charge is 0.504 e. The van der Waals surface area contributed by atoms with Crippen molar-refractivity contribution in [2.45, 2.75) is 4.90 Å². The summed E-state index contributed by atoms with van der Waals surface area (Å²) in [6, 6.07) is 11.3. The van der Waals surface area contributed by atoms with Crippen molar-refractivity contribution in [1.82, 2.24) is 9.73 Å². The van der Waals surface area contributed by atoms with Crippen LogP contribution in [0.1, 0.15) is 5.56 Å². The molecule has 0 spiro atoms. The van der Waals surface area contributed by atoms with Gasteiger partial charge in [0.15, 0.2) is 18.0 Å². The molecule has 3 rings (SSSR count). The molecule has 1 saturated heterocycles. The van der Waals surface area contributed by atoms with E-state index in [1.165, 1.54) is 23.7 Å². The van der Waals surface area contributed by atoms with Crippen molar-refractivity contribution < 1.29 is 28.0 Å². The fourth-order valence-corrected chi connectivity index (χ4v) is 4.90. The number of hydrogen-bond donors (Lipinski definition) is 3. The van der Waals surface area contributed by atoms with Gasteiger partial charge in [0.1, 0.15) is 0 Å². The molecule has 1 aliphatic heterocycles. The van der Waals surface area contributed by atoms with Gasteiger partial charge in [0.05, 0.1) is 44.4 Å². The zero-order chi connectivity index (χ0) is 22.4. The Morgan fingerprint density at radius 1 is 1.26 bits per heavy atom. The highest BCUT2D eigenvalue weighted by Crippen LogP contribution is 2.25. The first-order valence-corrected chi connectivity index (χ1v) is 11.8. The molecule has 0 atom stereocenters. The molecule has 1 heterocycles. The Hall–Kier alpha value is -2.47. The predicted molar refractivity (Wildman–Crippen MR) is 119 cm³/mol. The average Bonchev–Trinajstić information content (AvgIpc) is 2.75. The van der Waals surface area contributed by atoms with Crippen molar-refractivity contribution >= 4 is 38.1 Å². The van der Waals surface area contributed by atoms with E-state index in [0.29, 0.717) is 37.5 Å². The molecule has 2 aromatic carbocycles. The molecule has 31 heavy (non-hydrogen) atoms. The zero-order valence-electron chi connectivity index (χ0n) is 16.9. The Morgan fingerprint density at radius 3 is 2.58 bits per heavy atom. The number of phenols is 1. The first-order chi connectivity index (χ1) is 14.8. The number of nitrogens with one attached hydrogen (secondary N) is 2. The standard InChI is InChI=1S/C20H23BrN4O5S/c1-30-19-12-15(2-7-18(19)26)13-22-23-20(27)14-24-8-10-25(11-9-24)31(28,29)17-5-3-16(21)4-6-17/h2-7,12-13,26H,8-11,14H2,1H3,(H,23,27)/p+1/b22-13+. The summed E-state index contributed by atoms with van der Waals surface area (Å²) in [6.45, 7) is 1.95. The van der Waals surface area contributed by atoms with Gasteiger partial charge in [-0.3, -0.25) is 4.79 Å². The van der Waals surface area contributed by atoms with E-state index in [-0.39, 0.29) is 23.1 Å². The van der Waals surface area contributed by atoms with Crippen LogP contribution < -0.4 is 15.1 Å². The summed E-state index contributed by atoms with van der Waals surface area (Å²) in [5.74, 6) is 0.0745. The van der Waals surface area contributed by atoms with Gasteiger partial charge in [-0.05, 0) is 48.0 Å². The van der Waals surface area contributed by atoms with Gasteiger partial charge in [-0.25, -0.2) is 13.8 Å². The van der Waals surface area contributed by atoms with E-state index in [1.54, 1.807) is 36.4 Å². The average molecular weight is 512 g/mol. The Bertz CT molecular complexity index is 1050. The van der Waals surface area contributed by atoms with Crippen molar-refractivity contribution in [3.05, 3.63) is 52.5 Å². The van der Waals surface area contributed by atoms with Crippen LogP contribution in [0.25, 0.3) is 0 Å². The van der Waals surface area contributed by atoms with Crippen LogP contribution in [0.15, 0.2) is 56.9 Å². The number of quaternary nitrogens is 1. The third kappa shape index (κ3) is 6.03. The van der Waals surface area contributed by atoms with Crippen LogP contribution in [-0.2, 0) is 14.8 Å². The highest BCUT2D eigenvalue weighted by atomic mass is 79.9. The van der Waals surface area contributed by atoms with Gasteiger partial charge < -0.3 is 14.7 Å². The van der Waals surface area contributed by atoms with Gasteiger partial charge in [-0.1, -0.05) is 15.9 Å². The molecule has 1 fully saturated rings. The number of hydrazone groups is 1. The smallest absolute Gasteiger partial charge is 0.295 e. The highest BCUT2D eigenvalue weighted by Gasteiger charge is 2.31. The van der Waals surface area contributed by atoms with Crippen molar-refractivity contribution in [2.75, 3.05) is 39.8 Å². The number of sulfonamides is 1. The Labute approximate surface area is 189 Å². The Morgan fingerprint density at radius 2 is 1.94 bits per heavy atom. The molecule has 0 saturated carbocycles. The normalized spacial score (nSPS) is 15.8. The Balaban J connectivity index is 1.48. The number of aromatic hydroxyl groups is 1. The molecular formula is C20H24BrN4O5S+. The van der Waals surface area contributed by atoms with Gasteiger partial charge in [0, 0.05) is 4.47 Å². The topological polar surface area (TPSA) is 113 Å². The molecule has 3 N–H and O–H groups in total. The monoisotopic (exact) mass is 511 g/mol. The summed E-state index contributed by atoms with van der Waals surface area (Å²) in [6.07, 6.45) is 1.46. The van der Waals surface area contributed by atoms with Crippen LogP contribution in [-0.4, -0.2) is 69.8 Å². The lowest BCUT2D eigenvalue weighted by Gasteiger charge is -2.31. The second-order valence-electron chi connectivity index (χ2n) is 7.01. The molecule has 2 aromatic rings. The van der Waals surface area contributed by atoms with Crippen LogP contribution in [0.3, 0.4) is 0 Å². The summed E-state index contributed by atoms with van der Waals surface area (Å²) in [5, 5.41) is 13.5. The molecular weight excluding hydrogens is 488 g/mol. The molecule has 9 nitrogen and oxygen atoms in total. The van der Waals surface area contributed by atoms with E-state index in [2.05, 4.69) is 26.5 Å². The van der Waals surface area contributed by atoms with Crippen molar-refractivity contribution in [3.8, 4) is 11.5 Å². The van der Waals surface area contributed by atoms with Gasteiger partial charge in [0.2, 0.25) is 10.0 Å². The van der Waals surface area contributed by atoms with Crippen LogP contribution in [0.2, 0.25) is 0 Å². The van der Waals surface area contributed by atoms with Crippen LogP contribution in [0.5, 0.6) is 11.5 Å². The Kier molecular flexibility index (Phi) is 7.65. The number of hydrogen-bond acceptors (Lipinski definition) is 6. The summed E-state index contributed by atoms with van der Waals surface area (Å²) >= 11 is 3.30. The maximum atomic E-state index is 12.7. The van der Waals surface area contributed by atoms with Crippen LogP contribution in [0.4, 0.5) is 0 Å². The zero-order valence-corrected chi connectivity index (χ0v) is 19.3. The molecule has 0 aliphatic carbocycles. The van der Waals surface area contributed by atoms with E-state index >= 15 is 0 Å². The quantitative estimate of drug-likeness (QED) is 0.363. The lowest BCUT2D eigenvalue weighted by molar-refractivity contribution is -0.895. The van der Waals surface area contributed by atoms with E-state index < -0.39 is 10.0 Å². The predicted octanol–water partition coefficient (Wildman–Crippen LogP) is 0.203. The summed E-state index contributed by atoms with van der Waals surface area (Å²) in [4.78, 5) is 13.4. The molecule has 0 aromatic heterocycles. The minimum atomic E-state index is -3.54. The van der Waals surface area contributed by atoms with E-state index in [9.17, 15) is 18.3 Å². The van der Waals surface area contributed by atoms with E-state index in [1.807, 2.05) is 0 Å². The third-order valence-electron chi connectivity index (χ3n) is 4.90. The number of ether oxygens (including phenoxy) is 1. The molecule has 1 aliphatic rings. The molecule has 0 bridgehead atoms. The maximum Gasteiger partial charge on any atom is 0.295 e. The minimum absolute atomic E-state index is 0.0218. The maximum absolute atomic E-state index is 12.7. The van der Waals surface area contributed by atoms with Gasteiger partial charge in [-0.15, -0.1) is 0 Å². The molecule has 11 heteroatoms. The van der Waals surface area contributed by atoms with Crippen LogP contribution >= 0.6 is 15.9 Å². The SMILES string of the molecule is COc1cc(/C=N/NC(=O)C[NH+]2CCN(S(=O)(=O)c3ccc(Br)cc3)CC2)ccc1O. The fraction of sp³-hybridized carbons (Fsp3) is 0.300. The third-order valence-corrected chi connectivity index (χ3v) is 7.34. The molecule has 0 radical (unpaired) electrons. The van der Waals surface area contributed by atoms with Gasteiger partial charge >= 0.3 is 0 Å². The summed E-state index contributed by atoms with van der Waals surface area (Å²) in [5.41, 5.74) is 3.13. The molecule has 0 unspecified atom stereocenters. The van der Waals surface area contributed by atoms with Gasteiger partial charge in [0.25, 0.3) is 5.91 Å². The number of amides is 1. The lowest BCUT2D eigenvalue weighted by atomic mass is 10.2. The number of rotatable bonds is 7.